The Hall–Kier alpha value is -2.44. The SMILES string of the molecule is Cc1nnc(C)n1CCCCCCCCCCCCNC(=O)c1cccnc1N. The number of nitrogens with two attached hydrogens (primary N) is 1. The summed E-state index contributed by atoms with van der Waals surface area (Å²) in [5, 5.41) is 11.1. The van der Waals surface area contributed by atoms with E-state index in [9.17, 15) is 4.79 Å². The Morgan fingerprint density at radius 2 is 1.48 bits per heavy atom. The maximum Gasteiger partial charge on any atom is 0.255 e. The summed E-state index contributed by atoms with van der Waals surface area (Å²) in [7, 11) is 0. The van der Waals surface area contributed by atoms with E-state index < -0.39 is 0 Å². The number of carbonyl (C=O) groups excluding carboxylic acids is 1. The van der Waals surface area contributed by atoms with Crippen molar-refractivity contribution in [2.45, 2.75) is 84.6 Å². The number of nitrogen functional groups attached to an aromatic ring is 1. The van der Waals surface area contributed by atoms with Crippen molar-refractivity contribution >= 4 is 11.7 Å². The van der Waals surface area contributed by atoms with Crippen LogP contribution in [0, 0.1) is 13.8 Å². The van der Waals surface area contributed by atoms with Gasteiger partial charge in [-0.25, -0.2) is 4.98 Å². The molecule has 7 nitrogen and oxygen atoms in total. The van der Waals surface area contributed by atoms with Crippen molar-refractivity contribution in [3.63, 3.8) is 0 Å². The number of amides is 1. The molecule has 7 heteroatoms. The first-order chi connectivity index (χ1) is 14.1. The monoisotopic (exact) mass is 400 g/mol. The normalized spacial score (nSPS) is 11.0. The molecule has 3 N–H and O–H groups in total. The third-order valence-corrected chi connectivity index (χ3v) is 5.30. The predicted octanol–water partition coefficient (Wildman–Crippen LogP) is 4.20. The minimum Gasteiger partial charge on any atom is -0.383 e. The van der Waals surface area contributed by atoms with E-state index in [4.69, 9.17) is 5.73 Å². The summed E-state index contributed by atoms with van der Waals surface area (Å²) in [5.41, 5.74) is 6.17. The molecule has 0 bridgehead atoms. The Morgan fingerprint density at radius 3 is 2.07 bits per heavy atom. The number of hydrogen-bond acceptors (Lipinski definition) is 5. The van der Waals surface area contributed by atoms with Crippen LogP contribution in [0.15, 0.2) is 18.3 Å². The summed E-state index contributed by atoms with van der Waals surface area (Å²) in [6.45, 7) is 5.77. The molecule has 0 atom stereocenters. The Bertz CT molecular complexity index is 723. The van der Waals surface area contributed by atoms with Gasteiger partial charge in [-0.1, -0.05) is 51.4 Å². The van der Waals surface area contributed by atoms with E-state index in [0.717, 1.165) is 31.0 Å². The van der Waals surface area contributed by atoms with Gasteiger partial charge in [0.1, 0.15) is 17.5 Å². The summed E-state index contributed by atoms with van der Waals surface area (Å²) in [6.07, 6.45) is 14.0. The molecule has 0 saturated heterocycles. The van der Waals surface area contributed by atoms with Gasteiger partial charge in [-0.05, 0) is 38.8 Å². The van der Waals surface area contributed by atoms with Crippen molar-refractivity contribution in [3.05, 3.63) is 35.5 Å². The lowest BCUT2D eigenvalue weighted by Gasteiger charge is -2.07. The summed E-state index contributed by atoms with van der Waals surface area (Å²) < 4.78 is 2.20. The average molecular weight is 401 g/mol. The number of aryl methyl sites for hydroxylation is 2. The van der Waals surface area contributed by atoms with Gasteiger partial charge in [-0.3, -0.25) is 4.79 Å². The van der Waals surface area contributed by atoms with Gasteiger partial charge >= 0.3 is 0 Å². The zero-order chi connectivity index (χ0) is 20.9. The Morgan fingerprint density at radius 1 is 0.931 bits per heavy atom. The highest BCUT2D eigenvalue weighted by atomic mass is 16.1. The zero-order valence-corrected chi connectivity index (χ0v) is 18.0. The minimum atomic E-state index is -0.134. The maximum atomic E-state index is 12.0. The molecule has 0 aliphatic heterocycles. The van der Waals surface area contributed by atoms with Crippen LogP contribution in [0.3, 0.4) is 0 Å². The predicted molar refractivity (Wildman–Crippen MR) is 117 cm³/mol. The fourth-order valence-electron chi connectivity index (χ4n) is 3.53. The first kappa shape index (κ1) is 22.8. The third-order valence-electron chi connectivity index (χ3n) is 5.30. The molecule has 2 aromatic rings. The highest BCUT2D eigenvalue weighted by molar-refractivity contribution is 5.98. The van der Waals surface area contributed by atoms with Crippen LogP contribution >= 0.6 is 0 Å². The van der Waals surface area contributed by atoms with Crippen LogP contribution in [-0.4, -0.2) is 32.2 Å². The van der Waals surface area contributed by atoms with Crippen LogP contribution in [0.1, 0.15) is 86.2 Å². The van der Waals surface area contributed by atoms with E-state index in [2.05, 4.69) is 25.1 Å². The fourth-order valence-corrected chi connectivity index (χ4v) is 3.53. The average Bonchev–Trinajstić information content (AvgIpc) is 3.03. The smallest absolute Gasteiger partial charge is 0.255 e. The van der Waals surface area contributed by atoms with Crippen molar-refractivity contribution in [1.29, 1.82) is 0 Å². The van der Waals surface area contributed by atoms with Crippen molar-refractivity contribution in [2.75, 3.05) is 12.3 Å². The molecule has 2 rings (SSSR count). The molecule has 0 radical (unpaired) electrons. The number of pyridine rings is 1. The molecule has 0 aromatic carbocycles. The van der Waals surface area contributed by atoms with Crippen LogP contribution in [0.2, 0.25) is 0 Å². The van der Waals surface area contributed by atoms with Gasteiger partial charge in [0.2, 0.25) is 0 Å². The van der Waals surface area contributed by atoms with E-state index >= 15 is 0 Å². The van der Waals surface area contributed by atoms with Crippen molar-refractivity contribution < 1.29 is 4.79 Å². The van der Waals surface area contributed by atoms with Gasteiger partial charge in [-0.2, -0.15) is 0 Å². The van der Waals surface area contributed by atoms with E-state index in [1.165, 1.54) is 51.4 Å². The number of anilines is 1. The van der Waals surface area contributed by atoms with E-state index in [1.54, 1.807) is 18.3 Å². The number of aromatic nitrogens is 4. The first-order valence-electron chi connectivity index (χ1n) is 10.9. The topological polar surface area (TPSA) is 98.7 Å². The molecular weight excluding hydrogens is 364 g/mol. The number of nitrogens with zero attached hydrogens (tertiary/aromatic N) is 4. The van der Waals surface area contributed by atoms with E-state index in [1.807, 2.05) is 13.8 Å². The molecule has 0 fully saturated rings. The molecule has 160 valence electrons. The van der Waals surface area contributed by atoms with Crippen LogP contribution in [-0.2, 0) is 6.54 Å². The molecule has 0 unspecified atom stereocenters. The number of hydrogen-bond donors (Lipinski definition) is 2. The number of nitrogens with one attached hydrogen (secondary N) is 1. The quantitative estimate of drug-likeness (QED) is 0.463. The highest BCUT2D eigenvalue weighted by Crippen LogP contribution is 2.12. The summed E-state index contributed by atoms with van der Waals surface area (Å²) >= 11 is 0. The minimum absolute atomic E-state index is 0.134. The molecule has 0 spiro atoms. The lowest BCUT2D eigenvalue weighted by atomic mass is 10.1. The maximum absolute atomic E-state index is 12.0. The van der Waals surface area contributed by atoms with Crippen LogP contribution in [0.4, 0.5) is 5.82 Å². The number of carbonyl (C=O) groups is 1. The van der Waals surface area contributed by atoms with Gasteiger partial charge in [0.25, 0.3) is 5.91 Å². The second kappa shape index (κ2) is 12.9. The molecule has 1 amide bonds. The summed E-state index contributed by atoms with van der Waals surface area (Å²) in [5.74, 6) is 2.19. The molecule has 0 aliphatic carbocycles. The Balaban J connectivity index is 1.37. The van der Waals surface area contributed by atoms with Crippen LogP contribution in [0.25, 0.3) is 0 Å². The van der Waals surface area contributed by atoms with Gasteiger partial charge < -0.3 is 15.6 Å². The third kappa shape index (κ3) is 8.21. The van der Waals surface area contributed by atoms with Crippen molar-refractivity contribution in [3.8, 4) is 0 Å². The van der Waals surface area contributed by atoms with Crippen molar-refractivity contribution in [1.82, 2.24) is 25.1 Å². The highest BCUT2D eigenvalue weighted by Gasteiger charge is 2.08. The lowest BCUT2D eigenvalue weighted by molar-refractivity contribution is 0.0953. The molecular formula is C22H36N6O. The van der Waals surface area contributed by atoms with Crippen LogP contribution < -0.4 is 11.1 Å². The molecule has 0 aliphatic rings. The zero-order valence-electron chi connectivity index (χ0n) is 18.0. The van der Waals surface area contributed by atoms with Gasteiger partial charge in [0, 0.05) is 19.3 Å². The second-order valence-corrected chi connectivity index (χ2v) is 7.67. The summed E-state index contributed by atoms with van der Waals surface area (Å²) in [4.78, 5) is 15.9. The largest absolute Gasteiger partial charge is 0.383 e. The standard InChI is InChI=1S/C22H36N6O/c1-18-26-27-19(2)28(18)17-12-10-8-6-4-3-5-7-9-11-15-25-22(29)20-14-13-16-24-21(20)23/h13-14,16H,3-12,15,17H2,1-2H3,(H2,23,24)(H,25,29). The van der Waals surface area contributed by atoms with Gasteiger partial charge in [-0.15, -0.1) is 10.2 Å². The number of rotatable bonds is 14. The van der Waals surface area contributed by atoms with Crippen LogP contribution in [0.5, 0.6) is 0 Å². The molecule has 0 saturated carbocycles. The van der Waals surface area contributed by atoms with E-state index in [-0.39, 0.29) is 11.7 Å². The molecule has 2 aromatic heterocycles. The van der Waals surface area contributed by atoms with E-state index in [0.29, 0.717) is 12.1 Å². The Labute approximate surface area is 174 Å². The number of unbranched alkanes of at least 4 members (excludes halogenated alkanes) is 9. The van der Waals surface area contributed by atoms with Crippen molar-refractivity contribution in [2.24, 2.45) is 0 Å². The molecule has 2 heterocycles. The first-order valence-corrected chi connectivity index (χ1v) is 10.9. The van der Waals surface area contributed by atoms with Gasteiger partial charge in [0.05, 0.1) is 5.56 Å². The van der Waals surface area contributed by atoms with Gasteiger partial charge in [0.15, 0.2) is 0 Å². The second-order valence-electron chi connectivity index (χ2n) is 7.67. The fraction of sp³-hybridized carbons (Fsp3) is 0.636. The lowest BCUT2D eigenvalue weighted by Crippen LogP contribution is -2.25. The Kier molecular flexibility index (Phi) is 10.2. The summed E-state index contributed by atoms with van der Waals surface area (Å²) in [6, 6.07) is 3.43. The molecule has 29 heavy (non-hydrogen) atoms.